The summed E-state index contributed by atoms with van der Waals surface area (Å²) in [7, 11) is 0. The first-order valence-electron chi connectivity index (χ1n) is 14.9. The number of pyridine rings is 1. The van der Waals surface area contributed by atoms with Crippen LogP contribution in [0.4, 0.5) is 21.0 Å². The molecule has 1 atom stereocenters. The highest BCUT2D eigenvalue weighted by molar-refractivity contribution is 6.05. The Morgan fingerprint density at radius 3 is 2.36 bits per heavy atom. The van der Waals surface area contributed by atoms with Gasteiger partial charge in [-0.3, -0.25) is 20.0 Å². The molecule has 3 rings (SSSR count). The van der Waals surface area contributed by atoms with E-state index in [0.717, 1.165) is 70.5 Å². The van der Waals surface area contributed by atoms with E-state index < -0.39 is 17.6 Å². The third-order valence-electron chi connectivity index (χ3n) is 6.64. The fourth-order valence-corrected chi connectivity index (χ4v) is 4.50. The van der Waals surface area contributed by atoms with Crippen molar-refractivity contribution in [1.82, 2.24) is 20.5 Å². The van der Waals surface area contributed by atoms with E-state index in [-0.39, 0.29) is 17.8 Å². The molecule has 42 heavy (non-hydrogen) atoms. The summed E-state index contributed by atoms with van der Waals surface area (Å²) in [5.74, 6) is -0.423. The van der Waals surface area contributed by atoms with Gasteiger partial charge in [0, 0.05) is 25.8 Å². The number of nitrogens with zero attached hydrogens (tertiary/aromatic N) is 2. The lowest BCUT2D eigenvalue weighted by Gasteiger charge is -2.26. The molecular weight excluding hydrogens is 536 g/mol. The number of aromatic nitrogens is 1. The van der Waals surface area contributed by atoms with Crippen LogP contribution >= 0.6 is 0 Å². The number of amides is 4. The number of benzene rings is 1. The van der Waals surface area contributed by atoms with E-state index in [1.165, 1.54) is 0 Å². The number of urea groups is 1. The zero-order valence-electron chi connectivity index (χ0n) is 25.3. The minimum atomic E-state index is -0.653. The number of carbonyl (C=O) groups is 3. The SMILES string of the molecule is CCCNC(=O)NC(CCCCCN1CCOCC1)c1ccc(C(=O)Nc2ccccc2NC(=O)OC(C)(C)C)nc1. The number of morpholine rings is 1. The van der Waals surface area contributed by atoms with Crippen LogP contribution < -0.4 is 21.3 Å². The van der Waals surface area contributed by atoms with Crippen LogP contribution in [-0.4, -0.2) is 72.9 Å². The fourth-order valence-electron chi connectivity index (χ4n) is 4.50. The summed E-state index contributed by atoms with van der Waals surface area (Å²) in [6, 6.07) is 9.90. The van der Waals surface area contributed by atoms with Crippen molar-refractivity contribution in [3.63, 3.8) is 0 Å². The van der Waals surface area contributed by atoms with Crippen molar-refractivity contribution in [1.29, 1.82) is 0 Å². The van der Waals surface area contributed by atoms with Crippen LogP contribution in [0, 0.1) is 0 Å². The van der Waals surface area contributed by atoms with Crippen molar-refractivity contribution in [2.24, 2.45) is 0 Å². The number of rotatable bonds is 13. The predicted octanol–water partition coefficient (Wildman–Crippen LogP) is 5.32. The second kappa shape index (κ2) is 16.7. The first kappa shape index (κ1) is 32.8. The molecule has 0 radical (unpaired) electrons. The highest BCUT2D eigenvalue weighted by Gasteiger charge is 2.19. The summed E-state index contributed by atoms with van der Waals surface area (Å²) >= 11 is 0. The molecule has 0 spiro atoms. The first-order valence-corrected chi connectivity index (χ1v) is 14.9. The molecule has 11 nitrogen and oxygen atoms in total. The molecule has 1 aromatic heterocycles. The lowest BCUT2D eigenvalue weighted by Crippen LogP contribution is -2.38. The summed E-state index contributed by atoms with van der Waals surface area (Å²) < 4.78 is 10.7. The first-order chi connectivity index (χ1) is 20.1. The topological polar surface area (TPSA) is 134 Å². The third-order valence-corrected chi connectivity index (χ3v) is 6.64. The lowest BCUT2D eigenvalue weighted by atomic mass is 10.0. The van der Waals surface area contributed by atoms with Gasteiger partial charge in [-0.15, -0.1) is 0 Å². The molecule has 1 saturated heterocycles. The Hall–Kier alpha value is -3.70. The summed E-state index contributed by atoms with van der Waals surface area (Å²) in [5, 5.41) is 11.4. The predicted molar refractivity (Wildman–Crippen MR) is 164 cm³/mol. The van der Waals surface area contributed by atoms with Crippen molar-refractivity contribution >= 4 is 29.4 Å². The molecule has 4 N–H and O–H groups in total. The maximum atomic E-state index is 13.0. The van der Waals surface area contributed by atoms with E-state index in [9.17, 15) is 14.4 Å². The molecule has 4 amide bonds. The molecule has 11 heteroatoms. The molecule has 1 aromatic carbocycles. The fraction of sp³-hybridized carbons (Fsp3) is 0.548. The number of hydrogen-bond donors (Lipinski definition) is 4. The molecule has 0 saturated carbocycles. The quantitative estimate of drug-likeness (QED) is 0.235. The number of unbranched alkanes of at least 4 members (excludes halogenated alkanes) is 2. The van der Waals surface area contributed by atoms with Gasteiger partial charge in [0.25, 0.3) is 5.91 Å². The number of ether oxygens (including phenoxy) is 2. The lowest BCUT2D eigenvalue weighted by molar-refractivity contribution is 0.0371. The van der Waals surface area contributed by atoms with E-state index in [1.807, 2.05) is 13.0 Å². The van der Waals surface area contributed by atoms with Crippen LogP contribution in [0.25, 0.3) is 0 Å². The maximum Gasteiger partial charge on any atom is 0.412 e. The van der Waals surface area contributed by atoms with Crippen molar-refractivity contribution in [2.45, 2.75) is 71.4 Å². The largest absolute Gasteiger partial charge is 0.444 e. The molecule has 2 aromatic rings. The van der Waals surface area contributed by atoms with E-state index in [4.69, 9.17) is 9.47 Å². The van der Waals surface area contributed by atoms with Crippen molar-refractivity contribution in [2.75, 3.05) is 50.0 Å². The van der Waals surface area contributed by atoms with Crippen LogP contribution in [0.5, 0.6) is 0 Å². The van der Waals surface area contributed by atoms with Gasteiger partial charge in [0.15, 0.2) is 0 Å². The van der Waals surface area contributed by atoms with E-state index >= 15 is 0 Å². The highest BCUT2D eigenvalue weighted by Crippen LogP contribution is 2.24. The van der Waals surface area contributed by atoms with Gasteiger partial charge in [-0.05, 0) is 70.3 Å². The molecule has 1 fully saturated rings. The average molecular weight is 583 g/mol. The van der Waals surface area contributed by atoms with E-state index in [1.54, 1.807) is 57.3 Å². The van der Waals surface area contributed by atoms with Gasteiger partial charge in [-0.1, -0.05) is 38.0 Å². The van der Waals surface area contributed by atoms with Crippen LogP contribution in [0.3, 0.4) is 0 Å². The minimum Gasteiger partial charge on any atom is -0.444 e. The maximum absolute atomic E-state index is 13.0. The molecule has 0 bridgehead atoms. The van der Waals surface area contributed by atoms with E-state index in [2.05, 4.69) is 31.2 Å². The van der Waals surface area contributed by atoms with Gasteiger partial charge < -0.3 is 25.4 Å². The number of hydrogen-bond acceptors (Lipinski definition) is 7. The molecular formula is C31H46N6O5. The Kier molecular flexibility index (Phi) is 13.0. The highest BCUT2D eigenvalue weighted by atomic mass is 16.6. The van der Waals surface area contributed by atoms with Crippen LogP contribution in [0.1, 0.15) is 81.9 Å². The van der Waals surface area contributed by atoms with Gasteiger partial charge in [0.05, 0.1) is 30.6 Å². The second-order valence-electron chi connectivity index (χ2n) is 11.4. The molecule has 1 aliphatic rings. The normalized spacial score (nSPS) is 14.5. The summed E-state index contributed by atoms with van der Waals surface area (Å²) in [4.78, 5) is 44.6. The zero-order valence-corrected chi connectivity index (χ0v) is 25.3. The Labute approximate surface area is 249 Å². The molecule has 1 unspecified atom stereocenters. The van der Waals surface area contributed by atoms with Gasteiger partial charge in [-0.25, -0.2) is 9.59 Å². The Morgan fingerprint density at radius 2 is 1.71 bits per heavy atom. The number of anilines is 2. The monoisotopic (exact) mass is 582 g/mol. The summed E-state index contributed by atoms with van der Waals surface area (Å²) in [6.45, 7) is 12.6. The van der Waals surface area contributed by atoms with Gasteiger partial charge in [-0.2, -0.15) is 0 Å². The molecule has 0 aliphatic carbocycles. The smallest absolute Gasteiger partial charge is 0.412 e. The second-order valence-corrected chi connectivity index (χ2v) is 11.4. The van der Waals surface area contributed by atoms with Crippen molar-refractivity contribution in [3.05, 3.63) is 53.9 Å². The number of nitrogens with one attached hydrogen (secondary N) is 4. The van der Waals surface area contributed by atoms with Gasteiger partial charge in [0.2, 0.25) is 0 Å². The molecule has 2 heterocycles. The zero-order chi connectivity index (χ0) is 30.4. The Balaban J connectivity index is 1.60. The van der Waals surface area contributed by atoms with Crippen molar-refractivity contribution < 1.29 is 23.9 Å². The van der Waals surface area contributed by atoms with Crippen molar-refractivity contribution in [3.8, 4) is 0 Å². The number of carbonyl (C=O) groups excluding carboxylic acids is 3. The molecule has 1 aliphatic heterocycles. The average Bonchev–Trinajstić information content (AvgIpc) is 2.96. The van der Waals surface area contributed by atoms with Crippen LogP contribution in [0.15, 0.2) is 42.6 Å². The Bertz CT molecular complexity index is 1150. The summed E-state index contributed by atoms with van der Waals surface area (Å²) in [5.41, 5.74) is 1.22. The van der Waals surface area contributed by atoms with Crippen LogP contribution in [0.2, 0.25) is 0 Å². The third kappa shape index (κ3) is 11.7. The van der Waals surface area contributed by atoms with Gasteiger partial charge >= 0.3 is 12.1 Å². The van der Waals surface area contributed by atoms with Crippen LogP contribution in [-0.2, 0) is 9.47 Å². The Morgan fingerprint density at radius 1 is 1.00 bits per heavy atom. The van der Waals surface area contributed by atoms with Gasteiger partial charge in [0.1, 0.15) is 11.3 Å². The van der Waals surface area contributed by atoms with E-state index in [0.29, 0.717) is 17.9 Å². The standard InChI is InChI=1S/C31H46N6O5/c1-5-16-32-29(39)35-24(11-7-6-10-17-37-18-20-41-21-19-37)23-14-15-27(33-22-23)28(38)34-25-12-8-9-13-26(25)36-30(40)42-31(2,3)4/h8-9,12-15,22,24H,5-7,10-11,16-21H2,1-4H3,(H,34,38)(H,36,40)(H2,32,35,39). The summed E-state index contributed by atoms with van der Waals surface area (Å²) in [6.07, 6.45) is 5.73. The minimum absolute atomic E-state index is 0.213. The number of para-hydroxylation sites is 2. The molecule has 230 valence electrons.